The van der Waals surface area contributed by atoms with Crippen LogP contribution >= 0.6 is 0 Å². The van der Waals surface area contributed by atoms with E-state index in [-0.39, 0.29) is 11.8 Å². The highest BCUT2D eigenvalue weighted by Gasteiger charge is 2.38. The monoisotopic (exact) mass is 275 g/mol. The third-order valence-corrected chi connectivity index (χ3v) is 3.65. The van der Waals surface area contributed by atoms with Crippen molar-refractivity contribution in [3.63, 3.8) is 0 Å². The van der Waals surface area contributed by atoms with Crippen molar-refractivity contribution in [1.29, 1.82) is 0 Å². The van der Waals surface area contributed by atoms with E-state index in [1.54, 1.807) is 4.90 Å². The molecule has 1 saturated heterocycles. The van der Waals surface area contributed by atoms with Crippen LogP contribution in [0.2, 0.25) is 0 Å². The molecule has 108 valence electrons. The third-order valence-electron chi connectivity index (χ3n) is 3.65. The minimum absolute atomic E-state index is 0.0118. The van der Waals surface area contributed by atoms with Crippen LogP contribution in [0.25, 0.3) is 0 Å². The number of nitrogens with zero attached hydrogens (tertiary/aromatic N) is 2. The molecule has 20 heavy (non-hydrogen) atoms. The molecule has 1 fully saturated rings. The summed E-state index contributed by atoms with van der Waals surface area (Å²) in [6.45, 7) is 6.13. The van der Waals surface area contributed by atoms with Crippen LogP contribution in [0.3, 0.4) is 0 Å². The number of hydrogen-bond acceptors (Lipinski definition) is 3. The average molecular weight is 275 g/mol. The Bertz CT molecular complexity index is 516. The molecule has 0 saturated carbocycles. The van der Waals surface area contributed by atoms with Gasteiger partial charge in [0.25, 0.3) is 0 Å². The van der Waals surface area contributed by atoms with Crippen LogP contribution in [0.15, 0.2) is 18.2 Å². The van der Waals surface area contributed by atoms with E-state index in [0.717, 1.165) is 11.4 Å². The minimum atomic E-state index is -0.407. The van der Waals surface area contributed by atoms with Crippen molar-refractivity contribution in [2.45, 2.75) is 52.2 Å². The predicted octanol–water partition coefficient (Wildman–Crippen LogP) is 1.41. The van der Waals surface area contributed by atoms with Gasteiger partial charge in [0.05, 0.1) is 12.2 Å². The van der Waals surface area contributed by atoms with Crippen LogP contribution in [0.1, 0.15) is 38.1 Å². The van der Waals surface area contributed by atoms with E-state index in [1.165, 1.54) is 0 Å². The summed E-state index contributed by atoms with van der Waals surface area (Å²) in [6.07, 6.45) is 1.22. The normalized spacial score (nSPS) is 22.9. The van der Waals surface area contributed by atoms with Gasteiger partial charge in [-0.2, -0.15) is 0 Å². The number of amides is 2. The highest BCUT2D eigenvalue weighted by molar-refractivity contribution is 5.96. The molecule has 0 spiro atoms. The van der Waals surface area contributed by atoms with Gasteiger partial charge in [0.15, 0.2) is 0 Å². The molecule has 0 radical (unpaired) electrons. The molecular formula is C15H21N3O2. The van der Waals surface area contributed by atoms with Crippen molar-refractivity contribution in [3.05, 3.63) is 29.6 Å². The maximum absolute atomic E-state index is 12.4. The summed E-state index contributed by atoms with van der Waals surface area (Å²) in [7, 11) is 0. The molecule has 1 N–H and O–H groups in total. The van der Waals surface area contributed by atoms with Crippen LogP contribution in [-0.2, 0) is 16.1 Å². The Morgan fingerprint density at radius 1 is 1.25 bits per heavy atom. The SMILES string of the molecule is CCC1NC(=O)C(CC)N(Cc2cccc(C)n2)C1=O. The van der Waals surface area contributed by atoms with Crippen LogP contribution in [-0.4, -0.2) is 33.8 Å². The molecule has 2 heterocycles. The quantitative estimate of drug-likeness (QED) is 0.903. The Balaban J connectivity index is 2.24. The Labute approximate surface area is 119 Å². The van der Waals surface area contributed by atoms with Crippen molar-refractivity contribution >= 4 is 11.8 Å². The predicted molar refractivity (Wildman–Crippen MR) is 75.8 cm³/mol. The molecular weight excluding hydrogens is 254 g/mol. The molecule has 2 atom stereocenters. The number of rotatable bonds is 4. The number of carbonyl (C=O) groups excluding carboxylic acids is 2. The van der Waals surface area contributed by atoms with Gasteiger partial charge in [-0.05, 0) is 31.9 Å². The van der Waals surface area contributed by atoms with E-state index in [0.29, 0.717) is 19.4 Å². The first-order valence-corrected chi connectivity index (χ1v) is 7.10. The lowest BCUT2D eigenvalue weighted by molar-refractivity contribution is -0.150. The van der Waals surface area contributed by atoms with Crippen LogP contribution in [0.5, 0.6) is 0 Å². The summed E-state index contributed by atoms with van der Waals surface area (Å²) in [4.78, 5) is 30.6. The topological polar surface area (TPSA) is 62.3 Å². The number of piperazine rings is 1. The van der Waals surface area contributed by atoms with Gasteiger partial charge in [-0.3, -0.25) is 14.6 Å². The standard InChI is InChI=1S/C15H21N3O2/c1-4-12-15(20)18(13(5-2)14(19)17-12)9-11-8-6-7-10(3)16-11/h6-8,12-13H,4-5,9H2,1-3H3,(H,17,19). The van der Waals surface area contributed by atoms with E-state index >= 15 is 0 Å². The van der Waals surface area contributed by atoms with E-state index < -0.39 is 12.1 Å². The number of carbonyl (C=O) groups is 2. The maximum Gasteiger partial charge on any atom is 0.246 e. The van der Waals surface area contributed by atoms with E-state index in [1.807, 2.05) is 39.0 Å². The molecule has 2 amide bonds. The molecule has 5 heteroatoms. The van der Waals surface area contributed by atoms with E-state index in [4.69, 9.17) is 0 Å². The first-order chi connectivity index (χ1) is 9.56. The molecule has 1 aromatic heterocycles. The zero-order valence-corrected chi connectivity index (χ0v) is 12.2. The molecule has 2 unspecified atom stereocenters. The second-order valence-corrected chi connectivity index (χ2v) is 5.13. The van der Waals surface area contributed by atoms with Gasteiger partial charge in [0, 0.05) is 5.69 Å². The van der Waals surface area contributed by atoms with Crippen molar-refractivity contribution in [3.8, 4) is 0 Å². The zero-order chi connectivity index (χ0) is 14.7. The summed E-state index contributed by atoms with van der Waals surface area (Å²) >= 11 is 0. The summed E-state index contributed by atoms with van der Waals surface area (Å²) in [6, 6.07) is 4.92. The highest BCUT2D eigenvalue weighted by atomic mass is 16.2. The van der Waals surface area contributed by atoms with Gasteiger partial charge in [0.2, 0.25) is 11.8 Å². The molecule has 5 nitrogen and oxygen atoms in total. The van der Waals surface area contributed by atoms with Crippen LogP contribution < -0.4 is 5.32 Å². The molecule has 2 rings (SSSR count). The first-order valence-electron chi connectivity index (χ1n) is 7.10. The molecule has 0 aliphatic carbocycles. The largest absolute Gasteiger partial charge is 0.343 e. The van der Waals surface area contributed by atoms with Gasteiger partial charge >= 0.3 is 0 Å². The Morgan fingerprint density at radius 2 is 2.00 bits per heavy atom. The van der Waals surface area contributed by atoms with Gasteiger partial charge in [-0.15, -0.1) is 0 Å². The lowest BCUT2D eigenvalue weighted by atomic mass is 10.0. The minimum Gasteiger partial charge on any atom is -0.343 e. The zero-order valence-electron chi connectivity index (χ0n) is 12.2. The number of aromatic nitrogens is 1. The van der Waals surface area contributed by atoms with Gasteiger partial charge in [-0.25, -0.2) is 0 Å². The van der Waals surface area contributed by atoms with Crippen molar-refractivity contribution in [2.24, 2.45) is 0 Å². The Hall–Kier alpha value is -1.91. The molecule has 1 aliphatic rings. The molecule has 1 aromatic rings. The number of nitrogens with one attached hydrogen (secondary N) is 1. The van der Waals surface area contributed by atoms with Crippen molar-refractivity contribution in [2.75, 3.05) is 0 Å². The fourth-order valence-corrected chi connectivity index (χ4v) is 2.56. The maximum atomic E-state index is 12.4. The summed E-state index contributed by atoms with van der Waals surface area (Å²) in [5, 5.41) is 2.79. The summed E-state index contributed by atoms with van der Waals surface area (Å²) in [5.41, 5.74) is 1.73. The summed E-state index contributed by atoms with van der Waals surface area (Å²) < 4.78 is 0. The van der Waals surface area contributed by atoms with Crippen LogP contribution in [0, 0.1) is 6.92 Å². The van der Waals surface area contributed by atoms with E-state index in [9.17, 15) is 9.59 Å². The second-order valence-electron chi connectivity index (χ2n) is 5.13. The second kappa shape index (κ2) is 6.03. The number of hydrogen-bond donors (Lipinski definition) is 1. The number of pyridine rings is 1. The Morgan fingerprint density at radius 3 is 2.60 bits per heavy atom. The lowest BCUT2D eigenvalue weighted by Crippen LogP contribution is -2.62. The van der Waals surface area contributed by atoms with Crippen molar-refractivity contribution < 1.29 is 9.59 Å². The van der Waals surface area contributed by atoms with Gasteiger partial charge in [-0.1, -0.05) is 19.9 Å². The smallest absolute Gasteiger partial charge is 0.246 e. The Kier molecular flexibility index (Phi) is 4.37. The molecule has 0 aromatic carbocycles. The lowest BCUT2D eigenvalue weighted by Gasteiger charge is -2.38. The van der Waals surface area contributed by atoms with Gasteiger partial charge in [0.1, 0.15) is 12.1 Å². The fraction of sp³-hybridized carbons (Fsp3) is 0.533. The highest BCUT2D eigenvalue weighted by Crippen LogP contribution is 2.17. The van der Waals surface area contributed by atoms with Crippen LogP contribution in [0.4, 0.5) is 0 Å². The van der Waals surface area contributed by atoms with Gasteiger partial charge < -0.3 is 10.2 Å². The summed E-state index contributed by atoms with van der Waals surface area (Å²) in [5.74, 6) is -0.0751. The average Bonchev–Trinajstić information content (AvgIpc) is 2.43. The van der Waals surface area contributed by atoms with E-state index in [2.05, 4.69) is 10.3 Å². The molecule has 1 aliphatic heterocycles. The molecule has 0 bridgehead atoms. The third kappa shape index (κ3) is 2.81. The number of aryl methyl sites for hydroxylation is 1. The first kappa shape index (κ1) is 14.5. The van der Waals surface area contributed by atoms with Crippen molar-refractivity contribution in [1.82, 2.24) is 15.2 Å². The fourth-order valence-electron chi connectivity index (χ4n) is 2.56.